The highest BCUT2D eigenvalue weighted by molar-refractivity contribution is 8.00. The first-order chi connectivity index (χ1) is 6.20. The van der Waals surface area contributed by atoms with Gasteiger partial charge in [-0.05, 0) is 11.2 Å². The zero-order chi connectivity index (χ0) is 9.42. The molecule has 2 rings (SSSR count). The number of halogens is 1. The van der Waals surface area contributed by atoms with Gasteiger partial charge in [-0.25, -0.2) is 9.55 Å². The number of nitrogens with zero attached hydrogens (tertiary/aromatic N) is 3. The van der Waals surface area contributed by atoms with Crippen molar-refractivity contribution < 1.29 is 4.57 Å². The third-order valence-electron chi connectivity index (χ3n) is 1.59. The van der Waals surface area contributed by atoms with Gasteiger partial charge in [0.1, 0.15) is 6.20 Å². The standard InChI is InChI=1S/C7H7ClN3S2/c1-11-3-4(8)9-6-5(11)10-7(12-2)13-6/h3H,1-2H3/q+1. The molecule has 0 N–H and O–H groups in total. The van der Waals surface area contributed by atoms with Gasteiger partial charge < -0.3 is 0 Å². The minimum Gasteiger partial charge on any atom is -0.228 e. The summed E-state index contributed by atoms with van der Waals surface area (Å²) in [4.78, 5) is 9.48. The Kier molecular flexibility index (Phi) is 2.40. The summed E-state index contributed by atoms with van der Waals surface area (Å²) in [5.41, 5.74) is 0.888. The van der Waals surface area contributed by atoms with Crippen LogP contribution in [0.5, 0.6) is 0 Å². The van der Waals surface area contributed by atoms with Crippen molar-refractivity contribution in [3.63, 3.8) is 0 Å². The molecule has 13 heavy (non-hydrogen) atoms. The van der Waals surface area contributed by atoms with Crippen LogP contribution in [0.1, 0.15) is 0 Å². The van der Waals surface area contributed by atoms with E-state index in [0.717, 1.165) is 14.8 Å². The highest BCUT2D eigenvalue weighted by atomic mass is 35.5. The lowest BCUT2D eigenvalue weighted by Crippen LogP contribution is -2.29. The monoisotopic (exact) mass is 232 g/mol. The van der Waals surface area contributed by atoms with Gasteiger partial charge in [0, 0.05) is 0 Å². The van der Waals surface area contributed by atoms with Crippen LogP contribution in [-0.2, 0) is 7.05 Å². The Balaban J connectivity index is 2.75. The second-order valence-corrected chi connectivity index (χ2v) is 4.91. The number of hydrogen-bond acceptors (Lipinski definition) is 4. The zero-order valence-electron chi connectivity index (χ0n) is 7.11. The second-order valence-electron chi connectivity index (χ2n) is 2.49. The van der Waals surface area contributed by atoms with E-state index in [9.17, 15) is 0 Å². The number of fused-ring (bicyclic) bond motifs is 1. The van der Waals surface area contributed by atoms with Gasteiger partial charge in [0.25, 0.3) is 4.34 Å². The van der Waals surface area contributed by atoms with Crippen molar-refractivity contribution in [1.82, 2.24) is 9.97 Å². The molecule has 0 aliphatic carbocycles. The lowest BCUT2D eigenvalue weighted by molar-refractivity contribution is -0.647. The normalized spacial score (nSPS) is 11.0. The zero-order valence-corrected chi connectivity index (χ0v) is 9.50. The number of thiazole rings is 1. The third kappa shape index (κ3) is 1.63. The molecule has 0 saturated carbocycles. The van der Waals surface area contributed by atoms with E-state index in [2.05, 4.69) is 9.97 Å². The summed E-state index contributed by atoms with van der Waals surface area (Å²) >= 11 is 9.00. The van der Waals surface area contributed by atoms with Crippen LogP contribution in [-0.4, -0.2) is 16.2 Å². The molecule has 0 atom stereocenters. The van der Waals surface area contributed by atoms with E-state index in [4.69, 9.17) is 11.6 Å². The molecule has 0 amide bonds. The van der Waals surface area contributed by atoms with Crippen LogP contribution in [0.2, 0.25) is 5.15 Å². The van der Waals surface area contributed by atoms with Crippen LogP contribution in [0.4, 0.5) is 0 Å². The predicted molar refractivity (Wildman–Crippen MR) is 55.4 cm³/mol. The van der Waals surface area contributed by atoms with Gasteiger partial charge >= 0.3 is 5.65 Å². The Labute approximate surface area is 88.8 Å². The predicted octanol–water partition coefficient (Wildman–Crippen LogP) is 1.89. The van der Waals surface area contributed by atoms with E-state index < -0.39 is 0 Å². The lowest BCUT2D eigenvalue weighted by Gasteiger charge is -1.89. The molecule has 0 radical (unpaired) electrons. The number of aryl methyl sites for hydroxylation is 1. The maximum atomic E-state index is 5.82. The van der Waals surface area contributed by atoms with Gasteiger partial charge in [0.15, 0.2) is 5.15 Å². The smallest absolute Gasteiger partial charge is 0.228 e. The van der Waals surface area contributed by atoms with Gasteiger partial charge in [-0.15, -0.1) is 0 Å². The van der Waals surface area contributed by atoms with Gasteiger partial charge in [0.2, 0.25) is 4.83 Å². The molecule has 68 valence electrons. The van der Waals surface area contributed by atoms with E-state index >= 15 is 0 Å². The topological polar surface area (TPSA) is 29.7 Å². The Morgan fingerprint density at radius 2 is 2.31 bits per heavy atom. The quantitative estimate of drug-likeness (QED) is 0.556. The van der Waals surface area contributed by atoms with Crippen LogP contribution in [0.25, 0.3) is 10.5 Å². The van der Waals surface area contributed by atoms with E-state index in [1.807, 2.05) is 17.9 Å². The third-order valence-corrected chi connectivity index (χ3v) is 3.70. The second kappa shape index (κ2) is 3.40. The van der Waals surface area contributed by atoms with Crippen LogP contribution >= 0.6 is 34.7 Å². The highest BCUT2D eigenvalue weighted by Gasteiger charge is 2.16. The van der Waals surface area contributed by atoms with Crippen molar-refractivity contribution in [2.24, 2.45) is 7.05 Å². The SMILES string of the molecule is CSc1nc2c(nc(Cl)c[n+]2C)s1. The van der Waals surface area contributed by atoms with Gasteiger partial charge in [-0.2, -0.15) is 0 Å². The van der Waals surface area contributed by atoms with E-state index in [0.29, 0.717) is 5.15 Å². The summed E-state index contributed by atoms with van der Waals surface area (Å²) in [7, 11) is 1.92. The lowest BCUT2D eigenvalue weighted by atomic mass is 10.7. The van der Waals surface area contributed by atoms with Crippen molar-refractivity contribution in [2.75, 3.05) is 6.26 Å². The summed E-state index contributed by atoms with van der Waals surface area (Å²) in [6.07, 6.45) is 3.76. The molecule has 0 aliphatic rings. The van der Waals surface area contributed by atoms with Crippen molar-refractivity contribution in [3.8, 4) is 0 Å². The Morgan fingerprint density at radius 1 is 1.54 bits per heavy atom. The average Bonchev–Trinajstić information content (AvgIpc) is 2.47. The first-order valence-electron chi connectivity index (χ1n) is 3.57. The molecule has 0 spiro atoms. The highest BCUT2D eigenvalue weighted by Crippen LogP contribution is 2.25. The van der Waals surface area contributed by atoms with E-state index in [1.54, 1.807) is 29.3 Å². The summed E-state index contributed by atoms with van der Waals surface area (Å²) in [6.45, 7) is 0. The van der Waals surface area contributed by atoms with Gasteiger partial charge in [0.05, 0.1) is 7.05 Å². The fraction of sp³-hybridized carbons (Fsp3) is 0.286. The fourth-order valence-electron chi connectivity index (χ4n) is 1.02. The molecule has 0 unspecified atom stereocenters. The first kappa shape index (κ1) is 9.18. The molecular formula is C7H7ClN3S2+. The molecule has 6 heteroatoms. The molecule has 0 aliphatic heterocycles. The van der Waals surface area contributed by atoms with Gasteiger partial charge in [-0.1, -0.05) is 34.7 Å². The molecule has 0 fully saturated rings. The first-order valence-corrected chi connectivity index (χ1v) is 5.99. The molecule has 2 aromatic heterocycles. The van der Waals surface area contributed by atoms with Crippen molar-refractivity contribution >= 4 is 45.2 Å². The Hall–Kier alpha value is -0.390. The molecule has 0 saturated heterocycles. The number of hydrogen-bond donors (Lipinski definition) is 0. The van der Waals surface area contributed by atoms with Crippen LogP contribution in [0.15, 0.2) is 10.5 Å². The van der Waals surface area contributed by atoms with Crippen LogP contribution < -0.4 is 4.57 Å². The Morgan fingerprint density at radius 3 is 3.00 bits per heavy atom. The molecule has 2 aromatic rings. The Bertz CT molecular complexity index is 454. The van der Waals surface area contributed by atoms with Gasteiger partial charge in [-0.3, -0.25) is 0 Å². The minimum atomic E-state index is 0.506. The molecule has 0 aromatic carbocycles. The van der Waals surface area contributed by atoms with Crippen molar-refractivity contribution in [1.29, 1.82) is 0 Å². The van der Waals surface area contributed by atoms with Crippen LogP contribution in [0, 0.1) is 0 Å². The average molecular weight is 233 g/mol. The molecular weight excluding hydrogens is 226 g/mol. The summed E-state index contributed by atoms with van der Waals surface area (Å²) in [6, 6.07) is 0. The van der Waals surface area contributed by atoms with E-state index in [1.165, 1.54) is 0 Å². The number of rotatable bonds is 1. The van der Waals surface area contributed by atoms with Crippen LogP contribution in [0.3, 0.4) is 0 Å². The van der Waals surface area contributed by atoms with E-state index in [-0.39, 0.29) is 0 Å². The molecule has 3 nitrogen and oxygen atoms in total. The fourth-order valence-corrected chi connectivity index (χ4v) is 2.77. The molecule has 2 heterocycles. The maximum Gasteiger partial charge on any atom is 0.361 e. The minimum absolute atomic E-state index is 0.506. The van der Waals surface area contributed by atoms with Crippen molar-refractivity contribution in [2.45, 2.75) is 4.34 Å². The number of thioether (sulfide) groups is 1. The summed E-state index contributed by atoms with van der Waals surface area (Å²) < 4.78 is 2.90. The molecule has 0 bridgehead atoms. The van der Waals surface area contributed by atoms with Crippen molar-refractivity contribution in [3.05, 3.63) is 11.3 Å². The maximum absolute atomic E-state index is 5.82. The largest absolute Gasteiger partial charge is 0.361 e. The summed E-state index contributed by atoms with van der Waals surface area (Å²) in [5.74, 6) is 0. The summed E-state index contributed by atoms with van der Waals surface area (Å²) in [5, 5.41) is 0.506. The number of aromatic nitrogens is 3.